The van der Waals surface area contributed by atoms with Gasteiger partial charge in [0.1, 0.15) is 5.82 Å². The van der Waals surface area contributed by atoms with Gasteiger partial charge in [-0.15, -0.1) is 53.6 Å². The fraction of sp³-hybridized carbons (Fsp3) is 0.217. The molecule has 8 aromatic carbocycles. The summed E-state index contributed by atoms with van der Waals surface area (Å²) in [6, 6.07) is 73.4. The van der Waals surface area contributed by atoms with Gasteiger partial charge in [-0.05, 0) is 117 Å². The normalized spacial score (nSPS) is 13.1. The summed E-state index contributed by atoms with van der Waals surface area (Å²) >= 11 is 0. The fourth-order valence-electron chi connectivity index (χ4n) is 10.7. The van der Waals surface area contributed by atoms with E-state index in [1.54, 1.807) is 0 Å². The number of aromatic nitrogens is 2. The van der Waals surface area contributed by atoms with Gasteiger partial charge in [0.25, 0.3) is 0 Å². The number of rotatable bonds is 11. The van der Waals surface area contributed by atoms with Crippen molar-refractivity contribution in [1.29, 1.82) is 0 Å². The number of nitrogens with zero attached hydrogens (tertiary/aromatic N) is 4. The molecule has 0 bridgehead atoms. The SMILES string of the molecule is Cc1cc2c(cc1C)N(c1cc(C(C)(C)c3ccccc3)cc(C(C)(C)c3ccccc3)c1)[CH-]N2c1[c-]c(Oc2[c-]c3c(cc2)c2ccccc2n3-c2cc(C(C)(C)C)ccn2)cc(C(C)(C)c2ccccc2)c1.[Pt]. The van der Waals surface area contributed by atoms with Crippen molar-refractivity contribution in [2.45, 2.75) is 97.8 Å². The van der Waals surface area contributed by atoms with Gasteiger partial charge >= 0.3 is 0 Å². The summed E-state index contributed by atoms with van der Waals surface area (Å²) in [5.74, 6) is 2.04. The molecule has 0 saturated carbocycles. The Morgan fingerprint density at radius 3 is 1.53 bits per heavy atom. The van der Waals surface area contributed by atoms with Crippen LogP contribution in [0.3, 0.4) is 0 Å². The Balaban J connectivity index is 0.00000641. The van der Waals surface area contributed by atoms with E-state index >= 15 is 0 Å². The van der Waals surface area contributed by atoms with Crippen LogP contribution < -0.4 is 14.5 Å². The van der Waals surface area contributed by atoms with Crippen LogP contribution in [-0.2, 0) is 42.7 Å². The standard InChI is InChI=1S/C69H65N4O.Pt/c1-46-35-63-64(36-47(46)2)72(45-71(63)55-38-52(67(6,7)48-23-15-12-16-24-48)37-53(39-55)68(8,9)49-25-17-13-18-26-49)56-40-54(69(10,11)50-27-19-14-20-28-50)41-58(43-56)74-57-31-32-60-59-29-21-22-30-61(59)73(62(60)44-57)65-42-51(33-34-70-65)66(3,4)5;/h12-42,45H,1-11H3;/q-3;. The molecule has 0 aliphatic carbocycles. The van der Waals surface area contributed by atoms with E-state index in [4.69, 9.17) is 9.72 Å². The predicted molar refractivity (Wildman–Crippen MR) is 308 cm³/mol. The number of hydrogen-bond acceptors (Lipinski definition) is 4. The molecule has 3 heterocycles. The van der Waals surface area contributed by atoms with Crippen molar-refractivity contribution in [3.05, 3.63) is 257 Å². The molecule has 10 aromatic rings. The van der Waals surface area contributed by atoms with Gasteiger partial charge in [0, 0.05) is 72.2 Å². The Bertz CT molecular complexity index is 3650. The molecule has 380 valence electrons. The van der Waals surface area contributed by atoms with Crippen LogP contribution >= 0.6 is 0 Å². The monoisotopic (exact) mass is 1160 g/mol. The van der Waals surface area contributed by atoms with Crippen molar-refractivity contribution in [2.75, 3.05) is 9.80 Å². The van der Waals surface area contributed by atoms with Gasteiger partial charge in [-0.1, -0.05) is 183 Å². The Morgan fingerprint density at radius 2 is 0.973 bits per heavy atom. The quantitative estimate of drug-likeness (QED) is 0.121. The third kappa shape index (κ3) is 9.39. The summed E-state index contributed by atoms with van der Waals surface area (Å²) in [5, 5.41) is 2.22. The minimum Gasteiger partial charge on any atom is -0.509 e. The maximum Gasteiger partial charge on any atom is 0.135 e. The number of hydrogen-bond donors (Lipinski definition) is 0. The third-order valence-corrected chi connectivity index (χ3v) is 15.9. The smallest absolute Gasteiger partial charge is 0.135 e. The first-order chi connectivity index (χ1) is 35.4. The van der Waals surface area contributed by atoms with Crippen molar-refractivity contribution < 1.29 is 25.8 Å². The first-order valence-electron chi connectivity index (χ1n) is 25.9. The van der Waals surface area contributed by atoms with Crippen LogP contribution in [0.1, 0.15) is 112 Å². The Hall–Kier alpha value is -7.20. The summed E-state index contributed by atoms with van der Waals surface area (Å²) in [6.45, 7) is 27.3. The molecule has 0 saturated heterocycles. The molecule has 2 aromatic heterocycles. The zero-order valence-electron chi connectivity index (χ0n) is 45.0. The van der Waals surface area contributed by atoms with Gasteiger partial charge in [0.05, 0.1) is 0 Å². The predicted octanol–water partition coefficient (Wildman–Crippen LogP) is 17.9. The first-order valence-corrected chi connectivity index (χ1v) is 25.9. The second-order valence-electron chi connectivity index (χ2n) is 22.8. The molecule has 1 aliphatic rings. The number of para-hydroxylation sites is 1. The van der Waals surface area contributed by atoms with E-state index in [0.717, 1.165) is 55.9 Å². The summed E-state index contributed by atoms with van der Waals surface area (Å²) in [5.41, 5.74) is 16.1. The Labute approximate surface area is 459 Å². The van der Waals surface area contributed by atoms with Gasteiger partial charge < -0.3 is 19.1 Å². The summed E-state index contributed by atoms with van der Waals surface area (Å²) < 4.78 is 9.27. The summed E-state index contributed by atoms with van der Waals surface area (Å²) in [6.07, 6.45) is 1.91. The van der Waals surface area contributed by atoms with Crippen LogP contribution in [0.4, 0.5) is 22.7 Å². The second-order valence-corrected chi connectivity index (χ2v) is 22.8. The number of anilines is 4. The molecule has 0 N–H and O–H groups in total. The Kier molecular flexibility index (Phi) is 13.3. The molecule has 5 nitrogen and oxygen atoms in total. The number of fused-ring (bicyclic) bond motifs is 4. The van der Waals surface area contributed by atoms with Crippen LogP contribution in [0, 0.1) is 32.6 Å². The molecule has 11 rings (SSSR count). The molecule has 1 aliphatic heterocycles. The largest absolute Gasteiger partial charge is 0.509 e. The van der Waals surface area contributed by atoms with E-state index in [-0.39, 0.29) is 37.3 Å². The zero-order chi connectivity index (χ0) is 51.7. The van der Waals surface area contributed by atoms with Crippen molar-refractivity contribution in [3.63, 3.8) is 0 Å². The van der Waals surface area contributed by atoms with Gasteiger partial charge in [-0.2, -0.15) is 6.07 Å². The average molecular weight is 1160 g/mol. The van der Waals surface area contributed by atoms with Gasteiger partial charge in [0.2, 0.25) is 0 Å². The fourth-order valence-corrected chi connectivity index (χ4v) is 10.7. The Morgan fingerprint density at radius 1 is 0.453 bits per heavy atom. The molecule has 0 radical (unpaired) electrons. The van der Waals surface area contributed by atoms with Gasteiger partial charge in [-0.3, -0.25) is 0 Å². The van der Waals surface area contributed by atoms with Crippen molar-refractivity contribution in [1.82, 2.24) is 9.55 Å². The van der Waals surface area contributed by atoms with E-state index in [1.807, 2.05) is 12.3 Å². The number of benzene rings is 8. The third-order valence-electron chi connectivity index (χ3n) is 15.9. The minimum atomic E-state index is -0.395. The molecule has 0 fully saturated rings. The summed E-state index contributed by atoms with van der Waals surface area (Å²) in [4.78, 5) is 9.61. The van der Waals surface area contributed by atoms with E-state index in [2.05, 4.69) is 285 Å². The van der Waals surface area contributed by atoms with Gasteiger partial charge in [0.15, 0.2) is 0 Å². The molecule has 0 atom stereocenters. The van der Waals surface area contributed by atoms with Crippen LogP contribution in [-0.4, -0.2) is 9.55 Å². The molecule has 0 spiro atoms. The average Bonchev–Trinajstić information content (AvgIpc) is 3.95. The first kappa shape index (κ1) is 51.3. The van der Waals surface area contributed by atoms with E-state index in [9.17, 15) is 0 Å². The zero-order valence-corrected chi connectivity index (χ0v) is 47.3. The second kappa shape index (κ2) is 19.5. The van der Waals surface area contributed by atoms with Crippen LogP contribution in [0.25, 0.3) is 27.6 Å². The van der Waals surface area contributed by atoms with Crippen LogP contribution in [0.5, 0.6) is 11.5 Å². The van der Waals surface area contributed by atoms with E-state index in [1.165, 1.54) is 44.5 Å². The molecular weight excluding hydrogens is 1100 g/mol. The molecule has 0 amide bonds. The van der Waals surface area contributed by atoms with Gasteiger partial charge in [-0.25, -0.2) is 4.98 Å². The van der Waals surface area contributed by atoms with Crippen molar-refractivity contribution >= 4 is 44.6 Å². The number of ether oxygens (including phenoxy) is 1. The van der Waals surface area contributed by atoms with E-state index in [0.29, 0.717) is 11.5 Å². The van der Waals surface area contributed by atoms with Crippen molar-refractivity contribution in [3.8, 4) is 17.3 Å². The number of pyridine rings is 1. The van der Waals surface area contributed by atoms with E-state index < -0.39 is 5.41 Å². The van der Waals surface area contributed by atoms with Crippen LogP contribution in [0.2, 0.25) is 0 Å². The minimum absolute atomic E-state index is 0. The molecule has 6 heteroatoms. The maximum absolute atomic E-state index is 7.06. The maximum atomic E-state index is 7.06. The molecule has 0 unspecified atom stereocenters. The molecular formula is C69H65N4OPt-3. The van der Waals surface area contributed by atoms with Crippen molar-refractivity contribution in [2.24, 2.45) is 0 Å². The van der Waals surface area contributed by atoms with Crippen LogP contribution in [0.15, 0.2) is 188 Å². The topological polar surface area (TPSA) is 33.5 Å². The summed E-state index contributed by atoms with van der Waals surface area (Å²) in [7, 11) is 0. The number of aryl methyl sites for hydroxylation is 2. The molecule has 75 heavy (non-hydrogen) atoms.